The molecule has 4 rings (SSSR count). The van der Waals surface area contributed by atoms with Gasteiger partial charge in [-0.15, -0.1) is 0 Å². The summed E-state index contributed by atoms with van der Waals surface area (Å²) >= 11 is 0. The van der Waals surface area contributed by atoms with Gasteiger partial charge in [-0.05, 0) is 23.8 Å². The van der Waals surface area contributed by atoms with E-state index in [0.29, 0.717) is 11.4 Å². The van der Waals surface area contributed by atoms with Gasteiger partial charge in [0.15, 0.2) is 0 Å². The Morgan fingerprint density at radius 1 is 1.15 bits per heavy atom. The van der Waals surface area contributed by atoms with Gasteiger partial charge in [0.1, 0.15) is 18.0 Å². The third-order valence-electron chi connectivity index (χ3n) is 4.93. The summed E-state index contributed by atoms with van der Waals surface area (Å²) < 4.78 is 7.06. The van der Waals surface area contributed by atoms with E-state index < -0.39 is 12.0 Å². The molecule has 1 atom stereocenters. The van der Waals surface area contributed by atoms with Crippen molar-refractivity contribution in [1.29, 1.82) is 0 Å². The van der Waals surface area contributed by atoms with Gasteiger partial charge in [0.25, 0.3) is 5.91 Å². The lowest BCUT2D eigenvalue weighted by Gasteiger charge is -2.25. The van der Waals surface area contributed by atoms with Gasteiger partial charge in [0.05, 0.1) is 13.2 Å². The van der Waals surface area contributed by atoms with E-state index in [1.54, 1.807) is 7.11 Å². The number of fused-ring (bicyclic) bond motifs is 3. The molecule has 132 valence electrons. The minimum Gasteiger partial charge on any atom is -0.497 e. The molecule has 6 nitrogen and oxygen atoms in total. The molecule has 0 aliphatic carbocycles. The maximum Gasteiger partial charge on any atom is 0.323 e. The van der Waals surface area contributed by atoms with Crippen LogP contribution in [0.15, 0.2) is 48.5 Å². The first-order valence-electron chi connectivity index (χ1n) is 8.27. The Balaban J connectivity index is 1.95. The van der Waals surface area contributed by atoms with Gasteiger partial charge in [0, 0.05) is 23.5 Å². The number of rotatable bonds is 4. The predicted molar refractivity (Wildman–Crippen MR) is 96.4 cm³/mol. The van der Waals surface area contributed by atoms with Gasteiger partial charge in [-0.3, -0.25) is 9.59 Å². The number of amides is 1. The number of methoxy groups -OCH3 is 1. The van der Waals surface area contributed by atoms with E-state index in [0.717, 1.165) is 22.0 Å². The van der Waals surface area contributed by atoms with Gasteiger partial charge in [-0.2, -0.15) is 0 Å². The Hall–Kier alpha value is -3.28. The molecule has 0 spiro atoms. The lowest BCUT2D eigenvalue weighted by Crippen LogP contribution is -2.34. The van der Waals surface area contributed by atoms with Crippen molar-refractivity contribution in [2.45, 2.75) is 6.04 Å². The zero-order valence-corrected chi connectivity index (χ0v) is 14.5. The minimum atomic E-state index is -1.03. The topological polar surface area (TPSA) is 71.8 Å². The smallest absolute Gasteiger partial charge is 0.323 e. The molecule has 26 heavy (non-hydrogen) atoms. The lowest BCUT2D eigenvalue weighted by atomic mass is 9.98. The second-order valence-corrected chi connectivity index (χ2v) is 6.34. The Morgan fingerprint density at radius 3 is 2.50 bits per heavy atom. The maximum absolute atomic E-state index is 13.0. The predicted octanol–water partition coefficient (Wildman–Crippen LogP) is 2.82. The van der Waals surface area contributed by atoms with Crippen molar-refractivity contribution in [2.75, 3.05) is 13.7 Å². The van der Waals surface area contributed by atoms with Crippen LogP contribution in [-0.4, -0.2) is 40.1 Å². The number of para-hydroxylation sites is 1. The number of nitrogens with zero attached hydrogens (tertiary/aromatic N) is 2. The van der Waals surface area contributed by atoms with Crippen molar-refractivity contribution in [1.82, 2.24) is 9.47 Å². The van der Waals surface area contributed by atoms with Crippen LogP contribution in [0.1, 0.15) is 27.7 Å². The first kappa shape index (κ1) is 16.2. The lowest BCUT2D eigenvalue weighted by molar-refractivity contribution is -0.138. The largest absolute Gasteiger partial charge is 0.497 e. The summed E-state index contributed by atoms with van der Waals surface area (Å²) in [6.45, 7) is -0.349. The van der Waals surface area contributed by atoms with E-state index in [4.69, 9.17) is 4.74 Å². The Labute approximate surface area is 150 Å². The highest BCUT2D eigenvalue weighted by Crippen LogP contribution is 2.43. The zero-order valence-electron chi connectivity index (χ0n) is 14.5. The molecule has 6 heteroatoms. The molecule has 1 N–H and O–H groups in total. The van der Waals surface area contributed by atoms with Crippen molar-refractivity contribution < 1.29 is 19.4 Å². The van der Waals surface area contributed by atoms with Gasteiger partial charge in [-0.1, -0.05) is 30.3 Å². The average molecular weight is 350 g/mol. The van der Waals surface area contributed by atoms with Crippen LogP contribution in [0.25, 0.3) is 10.9 Å². The highest BCUT2D eigenvalue weighted by Gasteiger charge is 2.42. The Kier molecular flexibility index (Phi) is 3.68. The van der Waals surface area contributed by atoms with Crippen LogP contribution in [0.2, 0.25) is 0 Å². The SMILES string of the molecule is COc1ccc(C2c3c(n(C)c4ccccc34)C(=O)N2CC(=O)O)cc1. The van der Waals surface area contributed by atoms with Crippen LogP contribution < -0.4 is 4.74 Å². The Morgan fingerprint density at radius 2 is 1.85 bits per heavy atom. The molecular weight excluding hydrogens is 332 g/mol. The number of carboxylic acid groups (broad SMARTS) is 1. The molecule has 0 saturated carbocycles. The van der Waals surface area contributed by atoms with E-state index in [1.165, 1.54) is 4.90 Å². The molecule has 3 aromatic rings. The molecule has 1 aromatic heterocycles. The van der Waals surface area contributed by atoms with E-state index in [2.05, 4.69) is 0 Å². The number of hydrogen-bond donors (Lipinski definition) is 1. The van der Waals surface area contributed by atoms with Crippen molar-refractivity contribution in [2.24, 2.45) is 7.05 Å². The summed E-state index contributed by atoms with van der Waals surface area (Å²) in [4.78, 5) is 25.8. The normalized spacial score (nSPS) is 16.2. The number of ether oxygens (including phenoxy) is 1. The number of carboxylic acids is 1. The van der Waals surface area contributed by atoms with Gasteiger partial charge in [0.2, 0.25) is 0 Å². The summed E-state index contributed by atoms with van der Waals surface area (Å²) in [7, 11) is 3.43. The van der Waals surface area contributed by atoms with Crippen LogP contribution in [0, 0.1) is 0 Å². The number of carbonyl (C=O) groups is 2. The van der Waals surface area contributed by atoms with E-state index in [1.807, 2.05) is 60.1 Å². The fourth-order valence-electron chi connectivity index (χ4n) is 3.81. The monoisotopic (exact) mass is 350 g/mol. The van der Waals surface area contributed by atoms with Crippen LogP contribution in [0.3, 0.4) is 0 Å². The van der Waals surface area contributed by atoms with Gasteiger partial charge < -0.3 is 19.3 Å². The second kappa shape index (κ2) is 5.91. The van der Waals surface area contributed by atoms with Crippen molar-refractivity contribution in [3.63, 3.8) is 0 Å². The molecule has 1 aliphatic rings. The number of aromatic nitrogens is 1. The van der Waals surface area contributed by atoms with E-state index in [9.17, 15) is 14.7 Å². The molecule has 1 unspecified atom stereocenters. The third-order valence-corrected chi connectivity index (χ3v) is 4.93. The Bertz CT molecular complexity index is 1020. The number of benzene rings is 2. The molecule has 0 bridgehead atoms. The molecule has 1 aliphatic heterocycles. The standard InChI is InChI=1S/C20H18N2O4/c1-21-15-6-4-3-5-14(15)17-18(12-7-9-13(26-2)10-8-12)22(11-16(23)24)20(25)19(17)21/h3-10,18H,11H2,1-2H3,(H,23,24). The second-order valence-electron chi connectivity index (χ2n) is 6.34. The summed E-state index contributed by atoms with van der Waals surface area (Å²) in [6.07, 6.45) is 0. The maximum atomic E-state index is 13.0. The molecule has 2 aromatic carbocycles. The van der Waals surface area contributed by atoms with E-state index >= 15 is 0 Å². The van der Waals surface area contributed by atoms with Crippen LogP contribution in [0.4, 0.5) is 0 Å². The summed E-state index contributed by atoms with van der Waals surface area (Å²) in [6, 6.07) is 14.8. The fourth-order valence-corrected chi connectivity index (χ4v) is 3.81. The molecule has 1 amide bonds. The third kappa shape index (κ3) is 2.26. The number of aliphatic carboxylic acids is 1. The van der Waals surface area contributed by atoms with Crippen LogP contribution in [-0.2, 0) is 11.8 Å². The number of aryl methyl sites for hydroxylation is 1. The summed E-state index contributed by atoms with van der Waals surface area (Å²) in [5, 5.41) is 10.3. The summed E-state index contributed by atoms with van der Waals surface area (Å²) in [5.74, 6) is -0.586. The van der Waals surface area contributed by atoms with Gasteiger partial charge >= 0.3 is 5.97 Å². The number of carbonyl (C=O) groups excluding carboxylic acids is 1. The molecule has 2 heterocycles. The van der Waals surface area contributed by atoms with Crippen molar-refractivity contribution in [3.8, 4) is 5.75 Å². The summed E-state index contributed by atoms with van der Waals surface area (Å²) in [5.41, 5.74) is 3.22. The van der Waals surface area contributed by atoms with E-state index in [-0.39, 0.29) is 12.5 Å². The fraction of sp³-hybridized carbons (Fsp3) is 0.200. The number of hydrogen-bond acceptors (Lipinski definition) is 3. The van der Waals surface area contributed by atoms with Crippen molar-refractivity contribution in [3.05, 3.63) is 65.4 Å². The minimum absolute atomic E-state index is 0.262. The molecule has 0 fully saturated rings. The molecule has 0 saturated heterocycles. The highest BCUT2D eigenvalue weighted by atomic mass is 16.5. The first-order valence-corrected chi connectivity index (χ1v) is 8.27. The van der Waals surface area contributed by atoms with Crippen LogP contribution in [0.5, 0.6) is 5.75 Å². The average Bonchev–Trinajstić information content (AvgIpc) is 3.09. The quantitative estimate of drug-likeness (QED) is 0.785. The first-order chi connectivity index (χ1) is 12.5. The zero-order chi connectivity index (χ0) is 18.4. The highest BCUT2D eigenvalue weighted by molar-refractivity contribution is 6.06. The van der Waals surface area contributed by atoms with Crippen molar-refractivity contribution >= 4 is 22.8 Å². The van der Waals surface area contributed by atoms with Gasteiger partial charge in [-0.25, -0.2) is 0 Å². The molecular formula is C20H18N2O4. The molecule has 0 radical (unpaired) electrons. The van der Waals surface area contributed by atoms with Crippen LogP contribution >= 0.6 is 0 Å².